The van der Waals surface area contributed by atoms with Gasteiger partial charge in [-0.3, -0.25) is 9.69 Å². The highest BCUT2D eigenvalue weighted by Gasteiger charge is 2.48. The predicted molar refractivity (Wildman–Crippen MR) is 117 cm³/mol. The van der Waals surface area contributed by atoms with Crippen molar-refractivity contribution in [3.63, 3.8) is 0 Å². The molecule has 1 spiro atoms. The second-order valence-corrected chi connectivity index (χ2v) is 8.55. The van der Waals surface area contributed by atoms with Gasteiger partial charge in [0.25, 0.3) is 0 Å². The molecule has 5 rings (SSSR count). The minimum Gasteiger partial charge on any atom is -0.356 e. The van der Waals surface area contributed by atoms with E-state index in [2.05, 4.69) is 69.4 Å². The van der Waals surface area contributed by atoms with Gasteiger partial charge < -0.3 is 9.88 Å². The highest BCUT2D eigenvalue weighted by Crippen LogP contribution is 2.44. The number of nitrogens with one attached hydrogen (secondary N) is 1. The van der Waals surface area contributed by atoms with Crippen LogP contribution in [0, 0.1) is 0 Å². The van der Waals surface area contributed by atoms with E-state index in [0.717, 1.165) is 51.0 Å². The molecule has 5 heteroatoms. The number of benzene rings is 2. The Balaban J connectivity index is 1.58. The Hall–Kier alpha value is -2.30. The summed E-state index contributed by atoms with van der Waals surface area (Å²) >= 11 is 6.04. The third kappa shape index (κ3) is 3.15. The summed E-state index contributed by atoms with van der Waals surface area (Å²) in [6.45, 7) is 3.53. The van der Waals surface area contributed by atoms with Crippen LogP contribution in [0.25, 0.3) is 10.9 Å². The van der Waals surface area contributed by atoms with Crippen molar-refractivity contribution in [3.8, 4) is 0 Å². The third-order valence-electron chi connectivity index (χ3n) is 6.60. The predicted octanol–water partition coefficient (Wildman–Crippen LogP) is 4.28. The molecule has 4 nitrogen and oxygen atoms in total. The van der Waals surface area contributed by atoms with E-state index in [1.165, 1.54) is 22.2 Å². The van der Waals surface area contributed by atoms with E-state index in [1.807, 2.05) is 0 Å². The van der Waals surface area contributed by atoms with E-state index in [4.69, 9.17) is 11.6 Å². The molecule has 1 N–H and O–H groups in total. The van der Waals surface area contributed by atoms with Gasteiger partial charge in [0, 0.05) is 36.2 Å². The molecule has 2 aliphatic heterocycles. The maximum Gasteiger partial charge on any atom is 0.238 e. The molecule has 3 aromatic rings. The minimum absolute atomic E-state index is 0.0377. The van der Waals surface area contributed by atoms with Crippen LogP contribution in [0.1, 0.15) is 29.7 Å². The molecule has 1 amide bonds. The van der Waals surface area contributed by atoms with Crippen LogP contribution < -0.4 is 0 Å². The normalized spacial score (nSPS) is 22.2. The van der Waals surface area contributed by atoms with E-state index in [0.29, 0.717) is 0 Å². The first-order chi connectivity index (χ1) is 14.2. The van der Waals surface area contributed by atoms with Crippen molar-refractivity contribution in [1.82, 2.24) is 14.8 Å². The van der Waals surface area contributed by atoms with Gasteiger partial charge in [-0.05, 0) is 43.0 Å². The van der Waals surface area contributed by atoms with E-state index < -0.39 is 0 Å². The average Bonchev–Trinajstić information content (AvgIpc) is 3.15. The van der Waals surface area contributed by atoms with Gasteiger partial charge in [-0.15, -0.1) is 11.6 Å². The zero-order valence-corrected chi connectivity index (χ0v) is 17.3. The fourth-order valence-electron chi connectivity index (χ4n) is 5.39. The molecular weight excluding hydrogens is 382 g/mol. The van der Waals surface area contributed by atoms with E-state index in [1.54, 1.807) is 0 Å². The molecule has 29 heavy (non-hydrogen) atoms. The summed E-state index contributed by atoms with van der Waals surface area (Å²) < 4.78 is 0. The van der Waals surface area contributed by atoms with Gasteiger partial charge in [0.2, 0.25) is 5.91 Å². The Kier molecular flexibility index (Phi) is 4.84. The molecule has 0 radical (unpaired) electrons. The number of nitrogens with zero attached hydrogens (tertiary/aromatic N) is 2. The first kappa shape index (κ1) is 18.7. The fraction of sp³-hybridized carbons (Fsp3) is 0.375. The number of fused-ring (bicyclic) bond motifs is 4. The molecule has 0 saturated carbocycles. The molecule has 2 aromatic carbocycles. The van der Waals surface area contributed by atoms with Crippen molar-refractivity contribution < 1.29 is 4.79 Å². The lowest BCUT2D eigenvalue weighted by atomic mass is 9.78. The van der Waals surface area contributed by atoms with Gasteiger partial charge in [-0.2, -0.15) is 0 Å². The summed E-state index contributed by atoms with van der Waals surface area (Å²) in [6.07, 6.45) is 2.91. The van der Waals surface area contributed by atoms with E-state index >= 15 is 0 Å². The van der Waals surface area contributed by atoms with Gasteiger partial charge in [0.1, 0.15) is 5.88 Å². The molecule has 150 valence electrons. The zero-order chi connectivity index (χ0) is 19.8. The number of para-hydroxylation sites is 1. The second kappa shape index (κ2) is 7.51. The number of hydrogen-bond acceptors (Lipinski definition) is 2. The monoisotopic (exact) mass is 407 g/mol. The number of halogens is 1. The van der Waals surface area contributed by atoms with Gasteiger partial charge in [0.15, 0.2) is 0 Å². The maximum absolute atomic E-state index is 12.9. The van der Waals surface area contributed by atoms with Crippen LogP contribution >= 0.6 is 11.6 Å². The van der Waals surface area contributed by atoms with Crippen molar-refractivity contribution in [2.24, 2.45) is 0 Å². The maximum atomic E-state index is 12.9. The SMILES string of the molecule is O=C(CCl)N1CCc2c([nH]c3ccccc23)C12CCCN(Cc1ccccc1)C2. The molecule has 1 atom stereocenters. The van der Waals surface area contributed by atoms with Gasteiger partial charge >= 0.3 is 0 Å². The van der Waals surface area contributed by atoms with Crippen LogP contribution in [0.5, 0.6) is 0 Å². The van der Waals surface area contributed by atoms with Gasteiger partial charge in [-0.1, -0.05) is 48.5 Å². The van der Waals surface area contributed by atoms with Crippen LogP contribution in [0.2, 0.25) is 0 Å². The summed E-state index contributed by atoms with van der Waals surface area (Å²) in [5, 5.41) is 1.29. The molecule has 1 fully saturated rings. The van der Waals surface area contributed by atoms with Crippen molar-refractivity contribution in [3.05, 3.63) is 71.4 Å². The molecule has 0 bridgehead atoms. The van der Waals surface area contributed by atoms with Gasteiger partial charge in [0.05, 0.1) is 5.54 Å². The standard InChI is InChI=1S/C24H26ClN3O/c25-15-22(29)28-14-11-20-19-9-4-5-10-21(19)26-23(20)24(28)12-6-13-27(17-24)16-18-7-2-1-3-8-18/h1-5,7-10,26H,6,11-17H2. The van der Waals surface area contributed by atoms with Crippen LogP contribution in [0.4, 0.5) is 0 Å². The molecule has 3 heterocycles. The largest absolute Gasteiger partial charge is 0.356 e. The minimum atomic E-state index is -0.328. The van der Waals surface area contributed by atoms with Crippen molar-refractivity contribution >= 4 is 28.4 Å². The number of carbonyl (C=O) groups excluding carboxylic acids is 1. The first-order valence-electron chi connectivity index (χ1n) is 10.4. The number of amides is 1. The average molecular weight is 408 g/mol. The summed E-state index contributed by atoms with van der Waals surface area (Å²) in [6, 6.07) is 19.1. The quantitative estimate of drug-likeness (QED) is 0.658. The topological polar surface area (TPSA) is 39.3 Å². The van der Waals surface area contributed by atoms with Crippen molar-refractivity contribution in [1.29, 1.82) is 0 Å². The van der Waals surface area contributed by atoms with Crippen LogP contribution in [0.15, 0.2) is 54.6 Å². The highest BCUT2D eigenvalue weighted by molar-refractivity contribution is 6.27. The molecule has 1 aromatic heterocycles. The Labute approximate surface area is 176 Å². The smallest absolute Gasteiger partial charge is 0.238 e. The number of aromatic nitrogens is 1. The van der Waals surface area contributed by atoms with E-state index in [9.17, 15) is 4.79 Å². The zero-order valence-electron chi connectivity index (χ0n) is 16.5. The number of hydrogen-bond donors (Lipinski definition) is 1. The van der Waals surface area contributed by atoms with E-state index in [-0.39, 0.29) is 17.3 Å². The molecule has 0 aliphatic carbocycles. The molecular formula is C24H26ClN3O. The first-order valence-corrected chi connectivity index (χ1v) is 11.0. The molecule has 2 aliphatic rings. The number of H-pyrrole nitrogens is 1. The Bertz CT molecular complexity index is 1030. The Morgan fingerprint density at radius 3 is 2.69 bits per heavy atom. The highest BCUT2D eigenvalue weighted by atomic mass is 35.5. The summed E-state index contributed by atoms with van der Waals surface area (Å²) in [4.78, 5) is 21.2. The van der Waals surface area contributed by atoms with Gasteiger partial charge in [-0.25, -0.2) is 0 Å². The van der Waals surface area contributed by atoms with Crippen molar-refractivity contribution in [2.75, 3.05) is 25.5 Å². The lowest BCUT2D eigenvalue weighted by Crippen LogP contribution is -2.61. The number of piperidine rings is 1. The summed E-state index contributed by atoms with van der Waals surface area (Å²) in [5.41, 5.74) is 4.75. The Morgan fingerprint density at radius 2 is 1.86 bits per heavy atom. The number of rotatable bonds is 3. The molecule has 1 saturated heterocycles. The fourth-order valence-corrected chi connectivity index (χ4v) is 5.53. The number of likely N-dealkylation sites (tertiary alicyclic amines) is 1. The molecule has 1 unspecified atom stereocenters. The van der Waals surface area contributed by atoms with Crippen LogP contribution in [-0.4, -0.2) is 46.2 Å². The summed E-state index contributed by atoms with van der Waals surface area (Å²) in [7, 11) is 0. The van der Waals surface area contributed by atoms with Crippen molar-refractivity contribution in [2.45, 2.75) is 31.3 Å². The number of aromatic amines is 1. The number of alkyl halides is 1. The Morgan fingerprint density at radius 1 is 1.07 bits per heavy atom. The lowest BCUT2D eigenvalue weighted by molar-refractivity contribution is -0.139. The van der Waals surface area contributed by atoms with Crippen LogP contribution in [-0.2, 0) is 23.3 Å². The van der Waals surface area contributed by atoms with Crippen LogP contribution in [0.3, 0.4) is 0 Å². The second-order valence-electron chi connectivity index (χ2n) is 8.28. The number of carbonyl (C=O) groups is 1. The summed E-state index contributed by atoms with van der Waals surface area (Å²) in [5.74, 6) is 0.0771. The lowest BCUT2D eigenvalue weighted by Gasteiger charge is -2.52. The third-order valence-corrected chi connectivity index (χ3v) is 6.82.